The summed E-state index contributed by atoms with van der Waals surface area (Å²) in [5, 5.41) is 7.23. The van der Waals surface area contributed by atoms with E-state index in [1.807, 2.05) is 22.7 Å². The lowest BCUT2D eigenvalue weighted by Gasteiger charge is -2.20. The Labute approximate surface area is 286 Å². The number of benzene rings is 6. The molecule has 0 bridgehead atoms. The van der Waals surface area contributed by atoms with Crippen molar-refractivity contribution in [1.82, 2.24) is 0 Å². The summed E-state index contributed by atoms with van der Waals surface area (Å²) in [6.07, 6.45) is 0. The first-order valence-electron chi connectivity index (χ1n) is 16.7. The van der Waals surface area contributed by atoms with Gasteiger partial charge in [0, 0.05) is 51.8 Å². The van der Waals surface area contributed by atoms with Gasteiger partial charge in [0.15, 0.2) is 0 Å². The lowest BCUT2D eigenvalue weighted by molar-refractivity contribution is 0.590. The molecule has 2 nitrogen and oxygen atoms in total. The predicted octanol–water partition coefficient (Wildman–Crippen LogP) is 14.4. The van der Waals surface area contributed by atoms with Gasteiger partial charge in [-0.25, -0.2) is 0 Å². The van der Waals surface area contributed by atoms with Gasteiger partial charge in [-0.15, -0.1) is 22.7 Å². The van der Waals surface area contributed by atoms with Crippen LogP contribution in [0.25, 0.3) is 96.1 Å². The Morgan fingerprint density at radius 3 is 1.19 bits per heavy atom. The van der Waals surface area contributed by atoms with Crippen LogP contribution < -0.4 is 0 Å². The summed E-state index contributed by atoms with van der Waals surface area (Å²) in [5.41, 5.74) is 11.4. The fourth-order valence-corrected chi connectivity index (χ4v) is 9.80. The third-order valence-corrected chi connectivity index (χ3v) is 12.5. The van der Waals surface area contributed by atoms with Gasteiger partial charge in [-0.3, -0.25) is 0 Å². The maximum absolute atomic E-state index is 6.79. The Morgan fingerprint density at radius 2 is 0.812 bits per heavy atom. The molecule has 0 atom stereocenters. The predicted molar refractivity (Wildman–Crippen MR) is 208 cm³/mol. The van der Waals surface area contributed by atoms with Crippen molar-refractivity contribution >= 4 is 86.7 Å². The fourth-order valence-electron chi connectivity index (χ4n) is 7.57. The molecule has 2 aliphatic rings. The second kappa shape index (κ2) is 9.49. The summed E-state index contributed by atoms with van der Waals surface area (Å²) in [4.78, 5) is 2.54. The highest BCUT2D eigenvalue weighted by Gasteiger charge is 2.27. The van der Waals surface area contributed by atoms with Crippen LogP contribution in [-0.4, -0.2) is 0 Å². The van der Waals surface area contributed by atoms with Crippen LogP contribution in [0.1, 0.15) is 52.7 Å². The number of fused-ring (bicyclic) bond motifs is 4. The van der Waals surface area contributed by atoms with Crippen LogP contribution in [0.3, 0.4) is 0 Å². The number of thiophene rings is 2. The number of rotatable bonds is 2. The molecule has 0 amide bonds. The average Bonchev–Trinajstić information content (AvgIpc) is 3.69. The van der Waals surface area contributed by atoms with Crippen molar-refractivity contribution in [2.24, 2.45) is 0 Å². The van der Waals surface area contributed by atoms with Crippen molar-refractivity contribution in [2.75, 3.05) is 0 Å². The lowest BCUT2D eigenvalue weighted by atomic mass is 9.86. The molecule has 0 fully saturated rings. The van der Waals surface area contributed by atoms with Crippen LogP contribution in [-0.2, 0) is 10.8 Å². The first-order valence-corrected chi connectivity index (χ1v) is 18.3. The molecule has 4 heteroatoms. The van der Waals surface area contributed by atoms with E-state index in [2.05, 4.69) is 139 Å². The average molecular weight is 659 g/mol. The Bertz CT molecular complexity index is 2620. The minimum absolute atomic E-state index is 0.131. The minimum atomic E-state index is 0.131. The summed E-state index contributed by atoms with van der Waals surface area (Å²) in [7, 11) is 0. The summed E-state index contributed by atoms with van der Waals surface area (Å²) in [6, 6.07) is 36.1. The minimum Gasteiger partial charge on any atom is -0.456 e. The zero-order valence-electron chi connectivity index (χ0n) is 27.9. The topological polar surface area (TPSA) is 26.3 Å². The van der Waals surface area contributed by atoms with E-state index < -0.39 is 0 Å². The normalized spacial score (nSPS) is 13.2. The van der Waals surface area contributed by atoms with Gasteiger partial charge in [0.25, 0.3) is 0 Å². The standard InChI is InChI=1S/C44H34O2S2/c1-43(2,3)25-11-7-23(8-12-25)35-19-29-27-15-17-31-41-39(27)33(21-37(29)47-35)45-32-18-16-28-30-20-36(24-9-13-26(14-10-24)44(4,5)6)48-38(30)22-34(46-31)40(28)42(32)41/h7-22H,1-6H3. The second-order valence-corrected chi connectivity index (χ2v) is 17.5. The van der Waals surface area contributed by atoms with Gasteiger partial charge in [-0.2, -0.15) is 0 Å². The zero-order chi connectivity index (χ0) is 32.7. The van der Waals surface area contributed by atoms with Gasteiger partial charge >= 0.3 is 0 Å². The van der Waals surface area contributed by atoms with Crippen molar-refractivity contribution in [3.05, 3.63) is 108 Å². The molecule has 6 aromatic carbocycles. The second-order valence-electron chi connectivity index (χ2n) is 15.4. The van der Waals surface area contributed by atoms with Gasteiger partial charge in [0.05, 0.1) is 0 Å². The Kier molecular flexibility index (Phi) is 5.61. The molecular formula is C44H34O2S2. The Hall–Kier alpha value is -4.64. The van der Waals surface area contributed by atoms with E-state index in [1.165, 1.54) is 63.0 Å². The molecule has 10 rings (SSSR count). The molecule has 234 valence electrons. The monoisotopic (exact) mass is 658 g/mol. The van der Waals surface area contributed by atoms with Crippen molar-refractivity contribution in [3.8, 4) is 32.0 Å². The van der Waals surface area contributed by atoms with Crippen LogP contribution >= 0.6 is 22.7 Å². The lowest BCUT2D eigenvalue weighted by Crippen LogP contribution is -2.10. The SMILES string of the molecule is CC(C)(C)c1ccc(-c2cc3c(cc4oc5ccc6c7cc(-c8ccc(C(C)(C)C)cc8)sc7cc7oc8ccc3c4c8-c5c76)s2)cc1. The zero-order valence-corrected chi connectivity index (χ0v) is 29.5. The van der Waals surface area contributed by atoms with Crippen LogP contribution in [0.15, 0.2) is 106 Å². The molecule has 0 unspecified atom stereocenters. The molecular weight excluding hydrogens is 625 g/mol. The number of hydrogen-bond acceptors (Lipinski definition) is 4. The molecule has 4 heterocycles. The quantitative estimate of drug-likeness (QED) is 0.136. The molecule has 0 saturated carbocycles. The summed E-state index contributed by atoms with van der Waals surface area (Å²) < 4.78 is 16.1. The van der Waals surface area contributed by atoms with Gasteiger partial charge in [0.2, 0.25) is 0 Å². The molecule has 0 spiro atoms. The molecule has 48 heavy (non-hydrogen) atoms. The molecule has 0 N–H and O–H groups in total. The van der Waals surface area contributed by atoms with Crippen LogP contribution in [0.5, 0.6) is 0 Å². The first-order chi connectivity index (χ1) is 23.0. The van der Waals surface area contributed by atoms with Crippen molar-refractivity contribution in [2.45, 2.75) is 52.4 Å². The molecule has 8 aromatic rings. The number of hydrogen-bond donors (Lipinski definition) is 0. The Morgan fingerprint density at radius 1 is 0.417 bits per heavy atom. The maximum atomic E-state index is 6.79. The van der Waals surface area contributed by atoms with Crippen molar-refractivity contribution < 1.29 is 8.83 Å². The summed E-state index contributed by atoms with van der Waals surface area (Å²) in [5.74, 6) is 0. The highest BCUT2D eigenvalue weighted by molar-refractivity contribution is 7.22. The van der Waals surface area contributed by atoms with Gasteiger partial charge in [-0.05, 0) is 92.4 Å². The van der Waals surface area contributed by atoms with Crippen LogP contribution in [0.4, 0.5) is 0 Å². The molecule has 2 aromatic heterocycles. The van der Waals surface area contributed by atoms with E-state index in [9.17, 15) is 0 Å². The van der Waals surface area contributed by atoms with E-state index in [4.69, 9.17) is 8.83 Å². The largest absolute Gasteiger partial charge is 0.456 e. The first kappa shape index (κ1) is 28.4. The van der Waals surface area contributed by atoms with Crippen LogP contribution in [0, 0.1) is 0 Å². The van der Waals surface area contributed by atoms with Crippen molar-refractivity contribution in [3.63, 3.8) is 0 Å². The van der Waals surface area contributed by atoms with Gasteiger partial charge < -0.3 is 8.83 Å². The van der Waals surface area contributed by atoms with Crippen LogP contribution in [0.2, 0.25) is 0 Å². The fraction of sp³-hybridized carbons (Fsp3) is 0.182. The van der Waals surface area contributed by atoms with E-state index in [-0.39, 0.29) is 10.8 Å². The third kappa shape index (κ3) is 4.03. The molecule has 0 aliphatic carbocycles. The molecule has 0 radical (unpaired) electrons. The summed E-state index contributed by atoms with van der Waals surface area (Å²) >= 11 is 3.66. The molecule has 2 aliphatic heterocycles. The highest BCUT2D eigenvalue weighted by Crippen LogP contribution is 2.52. The third-order valence-electron chi connectivity index (χ3n) is 10.2. The maximum Gasteiger partial charge on any atom is 0.137 e. The smallest absolute Gasteiger partial charge is 0.137 e. The summed E-state index contributed by atoms with van der Waals surface area (Å²) in [6.45, 7) is 13.6. The van der Waals surface area contributed by atoms with E-state index in [1.54, 1.807) is 0 Å². The Balaban J connectivity index is 1.18. The van der Waals surface area contributed by atoms with E-state index in [0.29, 0.717) is 0 Å². The highest BCUT2D eigenvalue weighted by atomic mass is 32.1. The van der Waals surface area contributed by atoms with Gasteiger partial charge in [-0.1, -0.05) is 90.1 Å². The van der Waals surface area contributed by atoms with Gasteiger partial charge in [0.1, 0.15) is 22.3 Å². The van der Waals surface area contributed by atoms with Crippen molar-refractivity contribution in [1.29, 1.82) is 0 Å². The van der Waals surface area contributed by atoms with E-state index in [0.717, 1.165) is 44.2 Å². The molecule has 0 saturated heterocycles. The van der Waals surface area contributed by atoms with E-state index >= 15 is 0 Å².